The SMILES string of the molecule is C#CCOc1ccc(-c2nc3cc(C(=O)O)ccc3[nH]2)c(OCC)c1. The number of aromatic amines is 1. The molecule has 2 aromatic carbocycles. The van der Waals surface area contributed by atoms with Crippen LogP contribution in [0.2, 0.25) is 0 Å². The molecule has 0 bridgehead atoms. The molecule has 1 aromatic heterocycles. The second-order valence-corrected chi connectivity index (χ2v) is 5.21. The molecule has 3 aromatic rings. The summed E-state index contributed by atoms with van der Waals surface area (Å²) in [6.07, 6.45) is 5.21. The van der Waals surface area contributed by atoms with Gasteiger partial charge in [-0.15, -0.1) is 6.42 Å². The molecule has 0 atom stereocenters. The average Bonchev–Trinajstić information content (AvgIpc) is 3.03. The van der Waals surface area contributed by atoms with Crippen molar-refractivity contribution < 1.29 is 19.4 Å². The fourth-order valence-corrected chi connectivity index (χ4v) is 2.45. The Hall–Kier alpha value is -3.46. The molecule has 6 nitrogen and oxygen atoms in total. The van der Waals surface area contributed by atoms with E-state index in [1.165, 1.54) is 12.1 Å². The molecule has 0 saturated heterocycles. The Morgan fingerprint density at radius 2 is 2.12 bits per heavy atom. The van der Waals surface area contributed by atoms with Crippen LogP contribution in [0.4, 0.5) is 0 Å². The number of hydrogen-bond donors (Lipinski definition) is 2. The molecule has 2 N–H and O–H groups in total. The standard InChI is InChI=1S/C19H16N2O4/c1-3-9-25-13-6-7-14(17(11-13)24-4-2)18-20-15-8-5-12(19(22)23)10-16(15)21-18/h1,5-8,10-11H,4,9H2,2H3,(H,20,21)(H,22,23). The van der Waals surface area contributed by atoms with Crippen molar-refractivity contribution in [2.24, 2.45) is 0 Å². The first-order valence-corrected chi connectivity index (χ1v) is 7.69. The van der Waals surface area contributed by atoms with E-state index in [2.05, 4.69) is 15.9 Å². The summed E-state index contributed by atoms with van der Waals surface area (Å²) < 4.78 is 11.1. The Kier molecular flexibility index (Phi) is 4.57. The summed E-state index contributed by atoms with van der Waals surface area (Å²) in [7, 11) is 0. The van der Waals surface area contributed by atoms with Gasteiger partial charge in [0.15, 0.2) is 0 Å². The van der Waals surface area contributed by atoms with Crippen LogP contribution in [0, 0.1) is 12.3 Å². The van der Waals surface area contributed by atoms with Gasteiger partial charge in [-0.3, -0.25) is 0 Å². The molecule has 6 heteroatoms. The first-order valence-electron chi connectivity index (χ1n) is 7.69. The van der Waals surface area contributed by atoms with Gasteiger partial charge >= 0.3 is 5.97 Å². The predicted molar refractivity (Wildman–Crippen MR) is 94.0 cm³/mol. The zero-order valence-electron chi connectivity index (χ0n) is 13.6. The third-order valence-corrected chi connectivity index (χ3v) is 3.56. The summed E-state index contributed by atoms with van der Waals surface area (Å²) in [5.41, 5.74) is 2.26. The van der Waals surface area contributed by atoms with E-state index in [0.29, 0.717) is 29.4 Å². The maximum absolute atomic E-state index is 11.1. The van der Waals surface area contributed by atoms with Crippen LogP contribution >= 0.6 is 0 Å². The van der Waals surface area contributed by atoms with Crippen LogP contribution in [0.15, 0.2) is 36.4 Å². The fraction of sp³-hybridized carbons (Fsp3) is 0.158. The summed E-state index contributed by atoms with van der Waals surface area (Å²) in [4.78, 5) is 18.8. The third-order valence-electron chi connectivity index (χ3n) is 3.56. The minimum Gasteiger partial charge on any atom is -0.493 e. The summed E-state index contributed by atoms with van der Waals surface area (Å²) in [5.74, 6) is 3.23. The largest absolute Gasteiger partial charge is 0.493 e. The van der Waals surface area contributed by atoms with Crippen molar-refractivity contribution in [2.75, 3.05) is 13.2 Å². The third kappa shape index (κ3) is 3.40. The quantitative estimate of drug-likeness (QED) is 0.675. The summed E-state index contributed by atoms with van der Waals surface area (Å²) in [6, 6.07) is 10.1. The number of terminal acetylenes is 1. The number of aromatic nitrogens is 2. The van der Waals surface area contributed by atoms with Crippen LogP contribution in [0.3, 0.4) is 0 Å². The number of fused-ring (bicyclic) bond motifs is 1. The molecular formula is C19H16N2O4. The lowest BCUT2D eigenvalue weighted by molar-refractivity contribution is 0.0697. The monoisotopic (exact) mass is 336 g/mol. The van der Waals surface area contributed by atoms with Crippen LogP contribution in [-0.4, -0.2) is 34.3 Å². The molecule has 25 heavy (non-hydrogen) atoms. The lowest BCUT2D eigenvalue weighted by Gasteiger charge is -2.10. The number of ether oxygens (including phenoxy) is 2. The average molecular weight is 336 g/mol. The molecule has 0 aliphatic heterocycles. The Morgan fingerprint density at radius 3 is 2.84 bits per heavy atom. The molecule has 0 aliphatic rings. The lowest BCUT2D eigenvalue weighted by Crippen LogP contribution is -1.98. The van der Waals surface area contributed by atoms with E-state index in [9.17, 15) is 4.79 Å². The van der Waals surface area contributed by atoms with E-state index in [-0.39, 0.29) is 12.2 Å². The highest BCUT2D eigenvalue weighted by atomic mass is 16.5. The predicted octanol–water partition coefficient (Wildman–Crippen LogP) is 3.34. The van der Waals surface area contributed by atoms with Gasteiger partial charge in [-0.2, -0.15) is 0 Å². The zero-order valence-corrected chi connectivity index (χ0v) is 13.6. The zero-order chi connectivity index (χ0) is 17.8. The maximum atomic E-state index is 11.1. The normalized spacial score (nSPS) is 10.4. The highest BCUT2D eigenvalue weighted by Gasteiger charge is 2.14. The van der Waals surface area contributed by atoms with Crippen molar-refractivity contribution in [2.45, 2.75) is 6.92 Å². The van der Waals surface area contributed by atoms with Crippen LogP contribution in [0.25, 0.3) is 22.4 Å². The molecule has 0 fully saturated rings. The number of carbonyl (C=O) groups is 1. The molecular weight excluding hydrogens is 320 g/mol. The first-order chi connectivity index (χ1) is 12.1. The molecule has 0 unspecified atom stereocenters. The van der Waals surface area contributed by atoms with Crippen LogP contribution in [0.1, 0.15) is 17.3 Å². The van der Waals surface area contributed by atoms with E-state index >= 15 is 0 Å². The number of carboxylic acids is 1. The van der Waals surface area contributed by atoms with Crippen molar-refractivity contribution >= 4 is 17.0 Å². The Labute approximate surface area is 144 Å². The van der Waals surface area contributed by atoms with Crippen LogP contribution < -0.4 is 9.47 Å². The molecule has 0 amide bonds. The molecule has 0 aliphatic carbocycles. The minimum absolute atomic E-state index is 0.174. The fourth-order valence-electron chi connectivity index (χ4n) is 2.45. The van der Waals surface area contributed by atoms with Crippen molar-refractivity contribution in [3.05, 3.63) is 42.0 Å². The van der Waals surface area contributed by atoms with Gasteiger partial charge in [-0.1, -0.05) is 5.92 Å². The Morgan fingerprint density at radius 1 is 1.28 bits per heavy atom. The maximum Gasteiger partial charge on any atom is 0.335 e. The first kappa shape index (κ1) is 16.4. The second-order valence-electron chi connectivity index (χ2n) is 5.21. The van der Waals surface area contributed by atoms with Gasteiger partial charge in [0.2, 0.25) is 0 Å². The van der Waals surface area contributed by atoms with E-state index in [1.807, 2.05) is 13.0 Å². The number of nitrogens with zero attached hydrogens (tertiary/aromatic N) is 1. The van der Waals surface area contributed by atoms with Gasteiger partial charge in [0.25, 0.3) is 0 Å². The van der Waals surface area contributed by atoms with E-state index < -0.39 is 5.97 Å². The molecule has 1 heterocycles. The van der Waals surface area contributed by atoms with E-state index in [0.717, 1.165) is 11.1 Å². The topological polar surface area (TPSA) is 84.4 Å². The smallest absolute Gasteiger partial charge is 0.335 e. The Balaban J connectivity index is 2.03. The number of H-pyrrole nitrogens is 1. The summed E-state index contributed by atoms with van der Waals surface area (Å²) >= 11 is 0. The second kappa shape index (κ2) is 6.97. The van der Waals surface area contributed by atoms with Gasteiger partial charge in [-0.05, 0) is 37.3 Å². The molecule has 126 valence electrons. The molecule has 3 rings (SSSR count). The minimum atomic E-state index is -0.989. The van der Waals surface area contributed by atoms with Gasteiger partial charge in [0.1, 0.15) is 23.9 Å². The van der Waals surface area contributed by atoms with Crippen molar-refractivity contribution in [3.63, 3.8) is 0 Å². The highest BCUT2D eigenvalue weighted by Crippen LogP contribution is 2.33. The van der Waals surface area contributed by atoms with Crippen LogP contribution in [0.5, 0.6) is 11.5 Å². The number of nitrogens with one attached hydrogen (secondary N) is 1. The number of aromatic carboxylic acids is 1. The number of carboxylic acid groups (broad SMARTS) is 1. The lowest BCUT2D eigenvalue weighted by atomic mass is 10.2. The van der Waals surface area contributed by atoms with Crippen LogP contribution in [-0.2, 0) is 0 Å². The molecule has 0 spiro atoms. The number of imidazole rings is 1. The Bertz CT molecular complexity index is 969. The number of hydrogen-bond acceptors (Lipinski definition) is 4. The van der Waals surface area contributed by atoms with Crippen molar-refractivity contribution in [1.29, 1.82) is 0 Å². The van der Waals surface area contributed by atoms with Gasteiger partial charge < -0.3 is 19.6 Å². The van der Waals surface area contributed by atoms with Gasteiger partial charge in [0, 0.05) is 6.07 Å². The summed E-state index contributed by atoms with van der Waals surface area (Å²) in [5, 5.41) is 9.10. The number of rotatable bonds is 6. The van der Waals surface area contributed by atoms with E-state index in [1.54, 1.807) is 18.2 Å². The van der Waals surface area contributed by atoms with Gasteiger partial charge in [-0.25, -0.2) is 9.78 Å². The number of benzene rings is 2. The highest BCUT2D eigenvalue weighted by molar-refractivity contribution is 5.93. The van der Waals surface area contributed by atoms with Crippen molar-refractivity contribution in [3.8, 4) is 35.2 Å². The molecule has 0 saturated carbocycles. The van der Waals surface area contributed by atoms with Gasteiger partial charge in [0.05, 0.1) is 28.8 Å². The molecule has 0 radical (unpaired) electrons. The van der Waals surface area contributed by atoms with Crippen molar-refractivity contribution in [1.82, 2.24) is 9.97 Å². The summed E-state index contributed by atoms with van der Waals surface area (Å²) in [6.45, 7) is 2.54. The van der Waals surface area contributed by atoms with E-state index in [4.69, 9.17) is 21.0 Å².